The molecule has 3 aromatic rings. The number of thioether (sulfide) groups is 1. The molecule has 0 fully saturated rings. The Labute approximate surface area is 118 Å². The van der Waals surface area contributed by atoms with Gasteiger partial charge in [0.05, 0.1) is 11.0 Å². The Kier molecular flexibility index (Phi) is 3.39. The molecule has 0 aliphatic rings. The third kappa shape index (κ3) is 2.60. The van der Waals surface area contributed by atoms with E-state index < -0.39 is 0 Å². The first-order valence-electron chi connectivity index (χ1n) is 5.63. The predicted octanol–water partition coefficient (Wildman–Crippen LogP) is 4.62. The standard InChI is InChI=1S/C14H11BrN2S/c15-11-7-5-10(6-8-11)9-18-14-16-12-3-1-2-4-13(12)17-14/h1-8H,9H2,(H,16,17). The smallest absolute Gasteiger partial charge is 0.166 e. The minimum atomic E-state index is 0.924. The molecule has 18 heavy (non-hydrogen) atoms. The molecule has 0 radical (unpaired) electrons. The largest absolute Gasteiger partial charge is 0.333 e. The Morgan fingerprint density at radius 2 is 1.83 bits per heavy atom. The minimum absolute atomic E-state index is 0.924. The van der Waals surface area contributed by atoms with Gasteiger partial charge in [-0.3, -0.25) is 0 Å². The minimum Gasteiger partial charge on any atom is -0.333 e. The number of rotatable bonds is 3. The summed E-state index contributed by atoms with van der Waals surface area (Å²) < 4.78 is 1.11. The van der Waals surface area contributed by atoms with Gasteiger partial charge in [0.25, 0.3) is 0 Å². The van der Waals surface area contributed by atoms with Crippen LogP contribution in [0.3, 0.4) is 0 Å². The average Bonchev–Trinajstić information content (AvgIpc) is 2.81. The lowest BCUT2D eigenvalue weighted by Gasteiger charge is -1.99. The van der Waals surface area contributed by atoms with Crippen molar-refractivity contribution in [1.29, 1.82) is 0 Å². The van der Waals surface area contributed by atoms with Gasteiger partial charge in [0.15, 0.2) is 5.16 Å². The quantitative estimate of drug-likeness (QED) is 0.714. The first-order valence-corrected chi connectivity index (χ1v) is 7.41. The first kappa shape index (κ1) is 11.8. The maximum Gasteiger partial charge on any atom is 0.166 e. The zero-order valence-corrected chi connectivity index (χ0v) is 12.0. The molecule has 1 aromatic heterocycles. The molecule has 90 valence electrons. The van der Waals surface area contributed by atoms with E-state index in [1.165, 1.54) is 5.56 Å². The number of H-pyrrole nitrogens is 1. The van der Waals surface area contributed by atoms with Crippen LogP contribution in [0.4, 0.5) is 0 Å². The highest BCUT2D eigenvalue weighted by atomic mass is 79.9. The van der Waals surface area contributed by atoms with Crippen LogP contribution in [0.5, 0.6) is 0 Å². The van der Waals surface area contributed by atoms with Crippen LogP contribution in [0.25, 0.3) is 11.0 Å². The van der Waals surface area contributed by atoms with E-state index in [-0.39, 0.29) is 0 Å². The summed E-state index contributed by atoms with van der Waals surface area (Å²) in [6, 6.07) is 16.5. The lowest BCUT2D eigenvalue weighted by Crippen LogP contribution is -1.81. The van der Waals surface area contributed by atoms with Crippen LogP contribution in [-0.2, 0) is 5.75 Å². The fraction of sp³-hybridized carbons (Fsp3) is 0.0714. The summed E-state index contributed by atoms with van der Waals surface area (Å²) in [6.45, 7) is 0. The van der Waals surface area contributed by atoms with Gasteiger partial charge >= 0.3 is 0 Å². The zero-order valence-electron chi connectivity index (χ0n) is 9.56. The maximum atomic E-state index is 4.54. The summed E-state index contributed by atoms with van der Waals surface area (Å²) in [6.07, 6.45) is 0. The maximum absolute atomic E-state index is 4.54. The molecule has 0 atom stereocenters. The van der Waals surface area contributed by atoms with E-state index in [2.05, 4.69) is 50.2 Å². The van der Waals surface area contributed by atoms with Crippen molar-refractivity contribution in [2.24, 2.45) is 0 Å². The van der Waals surface area contributed by atoms with Crippen molar-refractivity contribution in [3.8, 4) is 0 Å². The number of aromatic amines is 1. The monoisotopic (exact) mass is 318 g/mol. The van der Waals surface area contributed by atoms with Gasteiger partial charge in [0.2, 0.25) is 0 Å². The molecule has 3 rings (SSSR count). The number of para-hydroxylation sites is 2. The van der Waals surface area contributed by atoms with Gasteiger partial charge in [-0.05, 0) is 29.8 Å². The summed E-state index contributed by atoms with van der Waals surface area (Å²) in [5, 5.41) is 0.971. The molecule has 0 aliphatic heterocycles. The molecular formula is C14H11BrN2S. The van der Waals surface area contributed by atoms with Crippen molar-refractivity contribution < 1.29 is 0 Å². The van der Waals surface area contributed by atoms with Gasteiger partial charge in [0, 0.05) is 10.2 Å². The van der Waals surface area contributed by atoms with Gasteiger partial charge in [-0.1, -0.05) is 52.0 Å². The number of benzene rings is 2. The lowest BCUT2D eigenvalue weighted by atomic mass is 10.2. The van der Waals surface area contributed by atoms with Crippen molar-refractivity contribution in [3.05, 3.63) is 58.6 Å². The molecule has 0 aliphatic carbocycles. The van der Waals surface area contributed by atoms with E-state index in [1.807, 2.05) is 24.3 Å². The van der Waals surface area contributed by atoms with Crippen LogP contribution in [-0.4, -0.2) is 9.97 Å². The predicted molar refractivity (Wildman–Crippen MR) is 79.8 cm³/mol. The van der Waals surface area contributed by atoms with E-state index in [9.17, 15) is 0 Å². The Hall–Kier alpha value is -1.26. The highest BCUT2D eigenvalue weighted by Gasteiger charge is 2.02. The normalized spacial score (nSPS) is 10.9. The third-order valence-electron chi connectivity index (χ3n) is 2.66. The molecule has 4 heteroatoms. The molecule has 0 saturated heterocycles. The second-order valence-electron chi connectivity index (χ2n) is 3.97. The van der Waals surface area contributed by atoms with Crippen molar-refractivity contribution in [1.82, 2.24) is 9.97 Å². The molecule has 2 nitrogen and oxygen atoms in total. The van der Waals surface area contributed by atoms with Crippen LogP contribution >= 0.6 is 27.7 Å². The van der Waals surface area contributed by atoms with Gasteiger partial charge < -0.3 is 4.98 Å². The van der Waals surface area contributed by atoms with Gasteiger partial charge in [-0.15, -0.1) is 0 Å². The highest BCUT2D eigenvalue weighted by Crippen LogP contribution is 2.23. The van der Waals surface area contributed by atoms with Crippen LogP contribution in [0.1, 0.15) is 5.56 Å². The van der Waals surface area contributed by atoms with E-state index >= 15 is 0 Å². The molecule has 0 bridgehead atoms. The van der Waals surface area contributed by atoms with Gasteiger partial charge in [-0.25, -0.2) is 4.98 Å². The summed E-state index contributed by atoms with van der Waals surface area (Å²) in [4.78, 5) is 7.86. The molecular weight excluding hydrogens is 308 g/mol. The number of halogens is 1. The van der Waals surface area contributed by atoms with Crippen molar-refractivity contribution in [2.75, 3.05) is 0 Å². The van der Waals surface area contributed by atoms with Crippen molar-refractivity contribution in [2.45, 2.75) is 10.9 Å². The molecule has 1 N–H and O–H groups in total. The van der Waals surface area contributed by atoms with E-state index in [0.717, 1.165) is 26.4 Å². The number of fused-ring (bicyclic) bond motifs is 1. The summed E-state index contributed by atoms with van der Waals surface area (Å²) in [5.41, 5.74) is 3.41. The molecule has 2 aromatic carbocycles. The Balaban J connectivity index is 1.74. The first-order chi connectivity index (χ1) is 8.81. The van der Waals surface area contributed by atoms with Crippen LogP contribution in [0, 0.1) is 0 Å². The van der Waals surface area contributed by atoms with Crippen molar-refractivity contribution in [3.63, 3.8) is 0 Å². The molecule has 1 heterocycles. The van der Waals surface area contributed by atoms with E-state index in [0.29, 0.717) is 0 Å². The topological polar surface area (TPSA) is 28.7 Å². The number of nitrogens with one attached hydrogen (secondary N) is 1. The summed E-state index contributed by atoms with van der Waals surface area (Å²) >= 11 is 5.16. The molecule has 0 amide bonds. The fourth-order valence-electron chi connectivity index (χ4n) is 1.73. The van der Waals surface area contributed by atoms with E-state index in [1.54, 1.807) is 11.8 Å². The number of nitrogens with zero attached hydrogens (tertiary/aromatic N) is 1. The van der Waals surface area contributed by atoms with Crippen molar-refractivity contribution >= 4 is 38.7 Å². The summed E-state index contributed by atoms with van der Waals surface area (Å²) in [5.74, 6) is 0.924. The fourth-order valence-corrected chi connectivity index (χ4v) is 2.84. The van der Waals surface area contributed by atoms with Gasteiger partial charge in [-0.2, -0.15) is 0 Å². The zero-order chi connectivity index (χ0) is 12.4. The average molecular weight is 319 g/mol. The Morgan fingerprint density at radius 3 is 2.61 bits per heavy atom. The molecule has 0 spiro atoms. The SMILES string of the molecule is Brc1ccc(CSc2nc3ccccc3[nH]2)cc1. The Morgan fingerprint density at radius 1 is 1.06 bits per heavy atom. The number of hydrogen-bond acceptors (Lipinski definition) is 2. The number of aromatic nitrogens is 2. The molecule has 0 unspecified atom stereocenters. The highest BCUT2D eigenvalue weighted by molar-refractivity contribution is 9.10. The molecule has 0 saturated carbocycles. The van der Waals surface area contributed by atoms with Crippen LogP contribution in [0.15, 0.2) is 58.2 Å². The Bertz CT molecular complexity index is 628. The summed E-state index contributed by atoms with van der Waals surface area (Å²) in [7, 11) is 0. The third-order valence-corrected chi connectivity index (χ3v) is 4.13. The second kappa shape index (κ2) is 5.16. The lowest BCUT2D eigenvalue weighted by molar-refractivity contribution is 1.08. The number of hydrogen-bond donors (Lipinski definition) is 1. The van der Waals surface area contributed by atoms with E-state index in [4.69, 9.17) is 0 Å². The van der Waals surface area contributed by atoms with Crippen LogP contribution in [0.2, 0.25) is 0 Å². The number of imidazole rings is 1. The van der Waals surface area contributed by atoms with Gasteiger partial charge in [0.1, 0.15) is 0 Å². The van der Waals surface area contributed by atoms with Crippen LogP contribution < -0.4 is 0 Å². The second-order valence-corrected chi connectivity index (χ2v) is 5.85.